The molecule has 0 saturated carbocycles. The molecule has 0 unspecified atom stereocenters. The molecule has 30 heavy (non-hydrogen) atoms. The van der Waals surface area contributed by atoms with E-state index in [1.165, 1.54) is 12.1 Å². The average molecular weight is 443 g/mol. The Hall–Kier alpha value is -3.36. The highest BCUT2D eigenvalue weighted by Crippen LogP contribution is 2.35. The molecule has 0 saturated heterocycles. The van der Waals surface area contributed by atoms with E-state index in [2.05, 4.69) is 4.98 Å². The first-order chi connectivity index (χ1) is 14.3. The summed E-state index contributed by atoms with van der Waals surface area (Å²) in [6.45, 7) is 1.89. The fourth-order valence-electron chi connectivity index (χ4n) is 2.96. The van der Waals surface area contributed by atoms with Gasteiger partial charge in [-0.05, 0) is 55.0 Å². The van der Waals surface area contributed by atoms with E-state index in [1.54, 1.807) is 42.5 Å². The van der Waals surface area contributed by atoms with Crippen molar-refractivity contribution < 1.29 is 22.7 Å². The Kier molecular flexibility index (Phi) is 4.97. The number of fused-ring (bicyclic) bond motifs is 1. The van der Waals surface area contributed by atoms with E-state index in [9.17, 15) is 18.3 Å². The second kappa shape index (κ2) is 7.47. The van der Waals surface area contributed by atoms with Gasteiger partial charge in [0.1, 0.15) is 5.52 Å². The lowest BCUT2D eigenvalue weighted by molar-refractivity contribution is 0.0697. The lowest BCUT2D eigenvalue weighted by Crippen LogP contribution is -2.26. The Morgan fingerprint density at radius 3 is 2.50 bits per heavy atom. The fraction of sp³-hybridized carbons (Fsp3) is 0.0476. The molecule has 0 fully saturated rings. The molecule has 0 aliphatic rings. The molecule has 7 nitrogen and oxygen atoms in total. The van der Waals surface area contributed by atoms with Crippen LogP contribution in [0.5, 0.6) is 0 Å². The van der Waals surface area contributed by atoms with E-state index in [0.29, 0.717) is 11.1 Å². The van der Waals surface area contributed by atoms with Crippen LogP contribution >= 0.6 is 11.6 Å². The van der Waals surface area contributed by atoms with Gasteiger partial charge in [0.25, 0.3) is 10.0 Å². The van der Waals surface area contributed by atoms with Crippen LogP contribution in [0, 0.1) is 6.92 Å². The van der Waals surface area contributed by atoms with Crippen LogP contribution < -0.4 is 4.31 Å². The van der Waals surface area contributed by atoms with E-state index in [0.717, 1.165) is 15.9 Å². The first-order valence-electron chi connectivity index (χ1n) is 8.78. The molecular formula is C21H15ClN2O5S. The molecule has 9 heteroatoms. The van der Waals surface area contributed by atoms with E-state index < -0.39 is 16.0 Å². The number of anilines is 2. The smallest absolute Gasteiger partial charge is 0.337 e. The summed E-state index contributed by atoms with van der Waals surface area (Å²) in [6.07, 6.45) is 0. The maximum Gasteiger partial charge on any atom is 0.337 e. The zero-order valence-corrected chi connectivity index (χ0v) is 17.2. The predicted molar refractivity (Wildman–Crippen MR) is 113 cm³/mol. The molecule has 0 atom stereocenters. The van der Waals surface area contributed by atoms with Crippen molar-refractivity contribution in [3.63, 3.8) is 0 Å². The summed E-state index contributed by atoms with van der Waals surface area (Å²) in [4.78, 5) is 15.5. The van der Waals surface area contributed by atoms with Gasteiger partial charge >= 0.3 is 12.0 Å². The number of aromatic carboxylic acids is 1. The third-order valence-corrected chi connectivity index (χ3v) is 6.43. The molecular weight excluding hydrogens is 428 g/mol. The molecule has 0 bridgehead atoms. The van der Waals surface area contributed by atoms with Gasteiger partial charge in [0.15, 0.2) is 5.58 Å². The number of carboxylic acids is 1. The predicted octanol–water partition coefficient (Wildman–Crippen LogP) is 5.01. The van der Waals surface area contributed by atoms with Crippen LogP contribution in [-0.4, -0.2) is 24.5 Å². The van der Waals surface area contributed by atoms with Gasteiger partial charge in [-0.15, -0.1) is 0 Å². The van der Waals surface area contributed by atoms with Crippen molar-refractivity contribution in [3.05, 3.63) is 82.9 Å². The highest BCUT2D eigenvalue weighted by molar-refractivity contribution is 7.93. The number of aryl methyl sites for hydroxylation is 1. The number of para-hydroxylation sites is 1. The summed E-state index contributed by atoms with van der Waals surface area (Å²) < 4.78 is 33.8. The monoisotopic (exact) mass is 442 g/mol. The zero-order chi connectivity index (χ0) is 21.5. The van der Waals surface area contributed by atoms with Crippen LogP contribution in [0.25, 0.3) is 11.1 Å². The molecule has 4 rings (SSSR count). The molecule has 0 spiro atoms. The molecule has 152 valence electrons. The first-order valence-corrected chi connectivity index (χ1v) is 10.6. The van der Waals surface area contributed by atoms with Crippen LogP contribution in [0.15, 0.2) is 76.0 Å². The van der Waals surface area contributed by atoms with Gasteiger partial charge in [0.2, 0.25) is 0 Å². The minimum absolute atomic E-state index is 0.0648. The summed E-state index contributed by atoms with van der Waals surface area (Å²) in [5.74, 6) is -1.33. The van der Waals surface area contributed by atoms with Crippen molar-refractivity contribution in [3.8, 4) is 0 Å². The molecule has 0 aliphatic carbocycles. The van der Waals surface area contributed by atoms with Gasteiger partial charge in [-0.2, -0.15) is 9.29 Å². The number of aromatic nitrogens is 1. The van der Waals surface area contributed by atoms with Crippen LogP contribution in [0.2, 0.25) is 5.02 Å². The topological polar surface area (TPSA) is 101 Å². The van der Waals surface area contributed by atoms with Gasteiger partial charge in [-0.3, -0.25) is 0 Å². The largest absolute Gasteiger partial charge is 0.478 e. The average Bonchev–Trinajstić information content (AvgIpc) is 3.10. The number of sulfonamides is 1. The van der Waals surface area contributed by atoms with E-state index >= 15 is 0 Å². The number of nitrogens with zero attached hydrogens (tertiary/aromatic N) is 2. The van der Waals surface area contributed by atoms with Crippen LogP contribution in [-0.2, 0) is 10.0 Å². The SMILES string of the molecule is Cc1ccc2oc(N(c3ccccc3)S(=O)(=O)c3ccc(Cl)c(C(=O)O)c3)nc2c1. The van der Waals surface area contributed by atoms with Gasteiger partial charge in [-0.1, -0.05) is 35.9 Å². The molecule has 3 aromatic carbocycles. The van der Waals surface area contributed by atoms with Crippen molar-refractivity contribution in [2.24, 2.45) is 0 Å². The Labute approximate surface area is 177 Å². The maximum atomic E-state index is 13.6. The highest BCUT2D eigenvalue weighted by atomic mass is 35.5. The lowest BCUT2D eigenvalue weighted by atomic mass is 10.2. The van der Waals surface area contributed by atoms with Crippen molar-refractivity contribution in [1.29, 1.82) is 0 Å². The molecule has 1 heterocycles. The normalized spacial score (nSPS) is 11.5. The van der Waals surface area contributed by atoms with Gasteiger partial charge in [0.05, 0.1) is 21.2 Å². The van der Waals surface area contributed by atoms with Crippen LogP contribution in [0.3, 0.4) is 0 Å². The zero-order valence-electron chi connectivity index (χ0n) is 15.6. The number of benzene rings is 3. The summed E-state index contributed by atoms with van der Waals surface area (Å²) in [5.41, 5.74) is 1.84. The molecule has 0 radical (unpaired) electrons. The number of oxazole rings is 1. The molecule has 1 N–H and O–H groups in total. The number of halogens is 1. The Morgan fingerprint density at radius 2 is 1.80 bits per heavy atom. The Bertz CT molecular complexity index is 1370. The van der Waals surface area contributed by atoms with E-state index in [4.69, 9.17) is 16.0 Å². The van der Waals surface area contributed by atoms with Crippen molar-refractivity contribution in [2.45, 2.75) is 11.8 Å². The fourth-order valence-corrected chi connectivity index (χ4v) is 4.56. The second-order valence-electron chi connectivity index (χ2n) is 6.52. The third-order valence-electron chi connectivity index (χ3n) is 4.40. The number of carbonyl (C=O) groups is 1. The summed E-state index contributed by atoms with van der Waals surface area (Å²) in [6, 6.07) is 16.9. The Morgan fingerprint density at radius 1 is 1.07 bits per heavy atom. The minimum atomic E-state index is -4.28. The van der Waals surface area contributed by atoms with Crippen molar-refractivity contribution in [1.82, 2.24) is 4.98 Å². The van der Waals surface area contributed by atoms with Gasteiger partial charge in [-0.25, -0.2) is 13.2 Å². The quantitative estimate of drug-likeness (QED) is 0.466. The number of hydrogen-bond acceptors (Lipinski definition) is 5. The molecule has 0 aliphatic heterocycles. The van der Waals surface area contributed by atoms with Crippen molar-refractivity contribution >= 4 is 50.4 Å². The van der Waals surface area contributed by atoms with E-state index in [-0.39, 0.29) is 27.2 Å². The van der Waals surface area contributed by atoms with Crippen molar-refractivity contribution in [2.75, 3.05) is 4.31 Å². The first kappa shape index (κ1) is 19.9. The van der Waals surface area contributed by atoms with Gasteiger partial charge < -0.3 is 9.52 Å². The lowest BCUT2D eigenvalue weighted by Gasteiger charge is -2.21. The summed E-state index contributed by atoms with van der Waals surface area (Å²) in [7, 11) is -4.28. The summed E-state index contributed by atoms with van der Waals surface area (Å²) >= 11 is 5.90. The standard InChI is InChI=1S/C21H15ClN2O5S/c1-13-7-10-19-18(11-13)23-21(29-19)24(14-5-3-2-4-6-14)30(27,28)15-8-9-17(22)16(12-15)20(25)26/h2-12H,1H3,(H,25,26). The molecule has 4 aromatic rings. The number of hydrogen-bond donors (Lipinski definition) is 1. The summed E-state index contributed by atoms with van der Waals surface area (Å²) in [5, 5.41) is 9.26. The highest BCUT2D eigenvalue weighted by Gasteiger charge is 2.31. The van der Waals surface area contributed by atoms with E-state index in [1.807, 2.05) is 13.0 Å². The van der Waals surface area contributed by atoms with Crippen LogP contribution in [0.1, 0.15) is 15.9 Å². The second-order valence-corrected chi connectivity index (χ2v) is 8.71. The third kappa shape index (κ3) is 3.51. The maximum absolute atomic E-state index is 13.6. The minimum Gasteiger partial charge on any atom is -0.478 e. The molecule has 1 aromatic heterocycles. The molecule has 0 amide bonds. The van der Waals surface area contributed by atoms with Crippen LogP contribution in [0.4, 0.5) is 11.7 Å². The number of carboxylic acid groups (broad SMARTS) is 1. The van der Waals surface area contributed by atoms with Gasteiger partial charge in [0, 0.05) is 0 Å². The number of rotatable bonds is 5. The Balaban J connectivity index is 1.94.